The molecule has 1 aromatic carbocycles. The Hall–Kier alpha value is -1.18. The van der Waals surface area contributed by atoms with E-state index in [0.717, 1.165) is 6.07 Å². The third-order valence-electron chi connectivity index (χ3n) is 1.61. The molecule has 0 amide bonds. The molecule has 0 radical (unpaired) electrons. The van der Waals surface area contributed by atoms with Crippen LogP contribution in [-0.2, 0) is 6.42 Å². The van der Waals surface area contributed by atoms with E-state index in [9.17, 15) is 8.78 Å². The maximum atomic E-state index is 12.9. The van der Waals surface area contributed by atoms with Crippen molar-refractivity contribution < 1.29 is 8.78 Å². The lowest BCUT2D eigenvalue weighted by molar-refractivity contribution is 0.501. The highest BCUT2D eigenvalue weighted by atomic mass is 19.2. The SMILES string of the molecule is CC=CCc1cccc(F)c1F. The van der Waals surface area contributed by atoms with E-state index in [2.05, 4.69) is 0 Å². The van der Waals surface area contributed by atoms with Gasteiger partial charge in [0, 0.05) is 0 Å². The van der Waals surface area contributed by atoms with Crippen molar-refractivity contribution in [2.75, 3.05) is 0 Å². The molecule has 64 valence electrons. The Morgan fingerprint density at radius 3 is 2.75 bits per heavy atom. The maximum absolute atomic E-state index is 12.9. The van der Waals surface area contributed by atoms with Crippen LogP contribution in [0.2, 0.25) is 0 Å². The van der Waals surface area contributed by atoms with Gasteiger partial charge in [-0.05, 0) is 25.0 Å². The molecule has 0 atom stereocenters. The van der Waals surface area contributed by atoms with Gasteiger partial charge in [-0.25, -0.2) is 8.78 Å². The van der Waals surface area contributed by atoms with Gasteiger partial charge in [-0.15, -0.1) is 0 Å². The van der Waals surface area contributed by atoms with Crippen LogP contribution in [0.3, 0.4) is 0 Å². The van der Waals surface area contributed by atoms with Crippen LogP contribution in [-0.4, -0.2) is 0 Å². The second-order valence-corrected chi connectivity index (χ2v) is 2.49. The van der Waals surface area contributed by atoms with Crippen molar-refractivity contribution in [1.29, 1.82) is 0 Å². The molecule has 0 saturated heterocycles. The van der Waals surface area contributed by atoms with E-state index in [-0.39, 0.29) is 0 Å². The Kier molecular flexibility index (Phi) is 2.97. The summed E-state index contributed by atoms with van der Waals surface area (Å²) in [6, 6.07) is 4.21. The Morgan fingerprint density at radius 2 is 2.08 bits per heavy atom. The van der Waals surface area contributed by atoms with Crippen LogP contribution in [0.5, 0.6) is 0 Å². The number of rotatable bonds is 2. The van der Waals surface area contributed by atoms with Crippen molar-refractivity contribution >= 4 is 0 Å². The highest BCUT2D eigenvalue weighted by Crippen LogP contribution is 2.11. The highest BCUT2D eigenvalue weighted by molar-refractivity contribution is 5.21. The summed E-state index contributed by atoms with van der Waals surface area (Å²) in [5.74, 6) is -1.52. The smallest absolute Gasteiger partial charge is 0.162 e. The zero-order chi connectivity index (χ0) is 8.97. The van der Waals surface area contributed by atoms with Gasteiger partial charge in [0.1, 0.15) is 0 Å². The van der Waals surface area contributed by atoms with Crippen molar-refractivity contribution in [2.45, 2.75) is 13.3 Å². The first-order chi connectivity index (χ1) is 5.75. The molecule has 0 bridgehead atoms. The van der Waals surface area contributed by atoms with Crippen molar-refractivity contribution in [3.8, 4) is 0 Å². The summed E-state index contributed by atoms with van der Waals surface area (Å²) in [7, 11) is 0. The Balaban J connectivity index is 2.92. The van der Waals surface area contributed by atoms with E-state index in [1.807, 2.05) is 13.0 Å². The fraction of sp³-hybridized carbons (Fsp3) is 0.200. The summed E-state index contributed by atoms with van der Waals surface area (Å²) >= 11 is 0. The Labute approximate surface area is 70.5 Å². The lowest BCUT2D eigenvalue weighted by Gasteiger charge is -1.98. The van der Waals surface area contributed by atoms with Crippen LogP contribution in [0, 0.1) is 11.6 Å². The van der Waals surface area contributed by atoms with E-state index in [1.165, 1.54) is 6.07 Å². The summed E-state index contributed by atoms with van der Waals surface area (Å²) in [5, 5.41) is 0. The van der Waals surface area contributed by atoms with E-state index in [1.54, 1.807) is 12.1 Å². The van der Waals surface area contributed by atoms with Crippen molar-refractivity contribution in [3.05, 3.63) is 47.5 Å². The van der Waals surface area contributed by atoms with Gasteiger partial charge in [0.15, 0.2) is 11.6 Å². The molecule has 0 fully saturated rings. The minimum Gasteiger partial charge on any atom is -0.204 e. The van der Waals surface area contributed by atoms with Crippen LogP contribution in [0.15, 0.2) is 30.4 Å². The van der Waals surface area contributed by atoms with Gasteiger partial charge in [0.25, 0.3) is 0 Å². The summed E-state index contributed by atoms with van der Waals surface area (Å²) in [4.78, 5) is 0. The van der Waals surface area contributed by atoms with Crippen LogP contribution in [0.4, 0.5) is 8.78 Å². The number of benzene rings is 1. The van der Waals surface area contributed by atoms with Gasteiger partial charge in [-0.3, -0.25) is 0 Å². The van der Waals surface area contributed by atoms with E-state index in [0.29, 0.717) is 12.0 Å². The second-order valence-electron chi connectivity index (χ2n) is 2.49. The number of halogens is 2. The average Bonchev–Trinajstić information content (AvgIpc) is 2.08. The van der Waals surface area contributed by atoms with Crippen LogP contribution < -0.4 is 0 Å². The predicted octanol–water partition coefficient (Wildman–Crippen LogP) is 3.08. The molecule has 0 unspecified atom stereocenters. The van der Waals surface area contributed by atoms with E-state index >= 15 is 0 Å². The molecule has 0 aliphatic rings. The Bertz CT molecular complexity index is 290. The minimum absolute atomic E-state index is 0.396. The van der Waals surface area contributed by atoms with Gasteiger partial charge < -0.3 is 0 Å². The molecule has 0 aliphatic carbocycles. The van der Waals surface area contributed by atoms with Crippen LogP contribution in [0.25, 0.3) is 0 Å². The normalized spacial score (nSPS) is 10.9. The van der Waals surface area contributed by atoms with Crippen LogP contribution in [0.1, 0.15) is 12.5 Å². The maximum Gasteiger partial charge on any atom is 0.162 e. The monoisotopic (exact) mass is 168 g/mol. The molecular weight excluding hydrogens is 158 g/mol. The Morgan fingerprint density at radius 1 is 1.33 bits per heavy atom. The molecule has 0 N–H and O–H groups in total. The molecule has 0 saturated carbocycles. The summed E-state index contributed by atoms with van der Waals surface area (Å²) < 4.78 is 25.5. The summed E-state index contributed by atoms with van der Waals surface area (Å²) in [6.07, 6.45) is 4.04. The van der Waals surface area contributed by atoms with E-state index < -0.39 is 11.6 Å². The zero-order valence-corrected chi connectivity index (χ0v) is 6.85. The number of allylic oxidation sites excluding steroid dienone is 2. The first kappa shape index (κ1) is 8.91. The quantitative estimate of drug-likeness (QED) is 0.595. The molecule has 12 heavy (non-hydrogen) atoms. The fourth-order valence-electron chi connectivity index (χ4n) is 0.951. The lowest BCUT2D eigenvalue weighted by atomic mass is 10.1. The molecule has 0 aliphatic heterocycles. The average molecular weight is 168 g/mol. The van der Waals surface area contributed by atoms with E-state index in [4.69, 9.17) is 0 Å². The predicted molar refractivity (Wildman–Crippen MR) is 44.9 cm³/mol. The number of hydrogen-bond donors (Lipinski definition) is 0. The third kappa shape index (κ3) is 1.91. The van der Waals surface area contributed by atoms with Crippen molar-refractivity contribution in [1.82, 2.24) is 0 Å². The third-order valence-corrected chi connectivity index (χ3v) is 1.61. The largest absolute Gasteiger partial charge is 0.204 e. The summed E-state index contributed by atoms with van der Waals surface area (Å²) in [6.45, 7) is 1.84. The standard InChI is InChI=1S/C10H10F2/c1-2-3-5-8-6-4-7-9(11)10(8)12/h2-4,6-7H,5H2,1H3. The highest BCUT2D eigenvalue weighted by Gasteiger charge is 2.04. The second kappa shape index (κ2) is 4.00. The van der Waals surface area contributed by atoms with Gasteiger partial charge in [-0.2, -0.15) is 0 Å². The molecule has 0 nitrogen and oxygen atoms in total. The topological polar surface area (TPSA) is 0 Å². The van der Waals surface area contributed by atoms with Crippen molar-refractivity contribution in [3.63, 3.8) is 0 Å². The van der Waals surface area contributed by atoms with Gasteiger partial charge in [0.2, 0.25) is 0 Å². The fourth-order valence-corrected chi connectivity index (χ4v) is 0.951. The minimum atomic E-state index is -0.781. The number of hydrogen-bond acceptors (Lipinski definition) is 0. The van der Waals surface area contributed by atoms with Gasteiger partial charge in [-0.1, -0.05) is 24.3 Å². The van der Waals surface area contributed by atoms with Crippen LogP contribution >= 0.6 is 0 Å². The molecule has 1 aromatic rings. The zero-order valence-electron chi connectivity index (χ0n) is 6.85. The first-order valence-corrected chi connectivity index (χ1v) is 3.79. The van der Waals surface area contributed by atoms with Gasteiger partial charge >= 0.3 is 0 Å². The lowest BCUT2D eigenvalue weighted by Crippen LogP contribution is -1.91. The first-order valence-electron chi connectivity index (χ1n) is 3.79. The summed E-state index contributed by atoms with van der Waals surface area (Å²) in [5.41, 5.74) is 0.396. The molecule has 0 spiro atoms. The van der Waals surface area contributed by atoms with Gasteiger partial charge in [0.05, 0.1) is 0 Å². The van der Waals surface area contributed by atoms with Crippen molar-refractivity contribution in [2.24, 2.45) is 0 Å². The molecule has 0 aromatic heterocycles. The molecule has 2 heteroatoms. The molecule has 0 heterocycles. The molecule has 1 rings (SSSR count). The molecular formula is C10H10F2.